The summed E-state index contributed by atoms with van der Waals surface area (Å²) >= 11 is 6.79. The van der Waals surface area contributed by atoms with Gasteiger partial charge in [-0.1, -0.05) is 31.9 Å². The highest BCUT2D eigenvalue weighted by atomic mass is 79.9. The molecule has 0 amide bonds. The maximum atomic E-state index is 11.0. The molecule has 1 unspecified atom stereocenters. The Morgan fingerprint density at radius 3 is 2.45 bits per heavy atom. The zero-order valence-corrected chi connectivity index (χ0v) is 9.44. The van der Waals surface area contributed by atoms with Gasteiger partial charge in [-0.05, 0) is 6.42 Å². The number of alkyl halides is 2. The molecule has 0 radical (unpaired) electrons. The molecule has 0 spiro atoms. The van der Waals surface area contributed by atoms with Gasteiger partial charge in [0.2, 0.25) is 0 Å². The summed E-state index contributed by atoms with van der Waals surface area (Å²) in [7, 11) is 1.44. The monoisotopic (exact) mass is 284 g/mol. The smallest absolute Gasteiger partial charge is 0.309 e. The van der Waals surface area contributed by atoms with Gasteiger partial charge in [0, 0.05) is 16.1 Å². The number of ether oxygens (including phenoxy) is 1. The Bertz CT molecular complexity index is 166. The maximum absolute atomic E-state index is 11.0. The Morgan fingerprint density at radius 2 is 2.18 bits per heavy atom. The minimum absolute atomic E-state index is 0.0797. The fourth-order valence-electron chi connectivity index (χ4n) is 1.15. The minimum atomic E-state index is -0.0797. The van der Waals surface area contributed by atoms with Crippen molar-refractivity contribution in [1.29, 1.82) is 0 Å². The van der Waals surface area contributed by atoms with Crippen LogP contribution in [0.1, 0.15) is 6.42 Å². The Balaban J connectivity index is 2.50. The number of halogens is 2. The van der Waals surface area contributed by atoms with Gasteiger partial charge in [-0.2, -0.15) is 0 Å². The van der Waals surface area contributed by atoms with E-state index in [1.165, 1.54) is 7.11 Å². The normalized spacial score (nSPS) is 26.3. The second kappa shape index (κ2) is 3.44. The lowest BCUT2D eigenvalue weighted by molar-refractivity contribution is -0.142. The Hall–Kier alpha value is 0.430. The Morgan fingerprint density at radius 1 is 1.64 bits per heavy atom. The molecule has 1 atom stereocenters. The molecule has 0 N–H and O–H groups in total. The average Bonchev–Trinajstić information content (AvgIpc) is 2.78. The summed E-state index contributed by atoms with van der Waals surface area (Å²) < 4.78 is 4.65. The number of hydrogen-bond donors (Lipinski definition) is 0. The van der Waals surface area contributed by atoms with Gasteiger partial charge in [0.25, 0.3) is 0 Å². The number of hydrogen-bond acceptors (Lipinski definition) is 2. The molecule has 0 bridgehead atoms. The van der Waals surface area contributed by atoms with E-state index in [0.29, 0.717) is 0 Å². The van der Waals surface area contributed by atoms with Crippen LogP contribution in [-0.2, 0) is 9.53 Å². The number of rotatable bonds is 3. The molecule has 0 aromatic heterocycles. The van der Waals surface area contributed by atoms with Gasteiger partial charge in [-0.3, -0.25) is 4.79 Å². The lowest BCUT2D eigenvalue weighted by atomic mass is 10.1. The molecule has 0 aromatic carbocycles. The highest BCUT2D eigenvalue weighted by Gasteiger charge is 2.57. The van der Waals surface area contributed by atoms with Crippen molar-refractivity contribution >= 4 is 37.8 Å². The maximum Gasteiger partial charge on any atom is 0.309 e. The van der Waals surface area contributed by atoms with Crippen LogP contribution in [0.5, 0.6) is 0 Å². The average molecular weight is 286 g/mol. The van der Waals surface area contributed by atoms with Crippen molar-refractivity contribution in [2.75, 3.05) is 17.8 Å². The highest BCUT2D eigenvalue weighted by molar-refractivity contribution is 9.09. The summed E-state index contributed by atoms with van der Waals surface area (Å²) in [6.45, 7) is 0. The van der Waals surface area contributed by atoms with Crippen LogP contribution in [0.2, 0.25) is 0 Å². The molecule has 0 aliphatic heterocycles. The predicted molar refractivity (Wildman–Crippen MR) is 50.1 cm³/mol. The highest BCUT2D eigenvalue weighted by Crippen LogP contribution is 2.55. The van der Waals surface area contributed by atoms with E-state index in [0.717, 1.165) is 17.1 Å². The van der Waals surface area contributed by atoms with Gasteiger partial charge in [0.1, 0.15) is 0 Å². The molecule has 1 saturated carbocycles. The Labute approximate surface area is 82.9 Å². The molecule has 1 aliphatic rings. The van der Waals surface area contributed by atoms with Crippen LogP contribution < -0.4 is 0 Å². The molecule has 0 saturated heterocycles. The lowest BCUT2D eigenvalue weighted by Gasteiger charge is -2.07. The molecule has 64 valence electrons. The van der Waals surface area contributed by atoms with Gasteiger partial charge in [0.15, 0.2) is 0 Å². The fraction of sp³-hybridized carbons (Fsp3) is 0.857. The number of esters is 1. The molecule has 0 heterocycles. The standard InChI is InChI=1S/C7H10Br2O2/c1-11-6(10)5-2-7(5,3-8)4-9/h5H,2-4H2,1H3. The van der Waals surface area contributed by atoms with E-state index in [-0.39, 0.29) is 17.3 Å². The third kappa shape index (κ3) is 1.61. The summed E-state index contributed by atoms with van der Waals surface area (Å²) in [6.07, 6.45) is 0.941. The van der Waals surface area contributed by atoms with Crippen LogP contribution in [0.15, 0.2) is 0 Å². The van der Waals surface area contributed by atoms with Crippen molar-refractivity contribution in [2.45, 2.75) is 6.42 Å². The zero-order valence-electron chi connectivity index (χ0n) is 6.27. The first-order valence-corrected chi connectivity index (χ1v) is 5.64. The van der Waals surface area contributed by atoms with Crippen molar-refractivity contribution in [3.63, 3.8) is 0 Å². The largest absolute Gasteiger partial charge is 0.469 e. The van der Waals surface area contributed by atoms with Crippen LogP contribution >= 0.6 is 31.9 Å². The first-order chi connectivity index (χ1) is 5.20. The summed E-state index contributed by atoms with van der Waals surface area (Å²) in [5, 5.41) is 1.73. The molecule has 1 rings (SSSR count). The van der Waals surface area contributed by atoms with Crippen molar-refractivity contribution < 1.29 is 9.53 Å². The second-order valence-corrected chi connectivity index (χ2v) is 4.03. The van der Waals surface area contributed by atoms with Crippen molar-refractivity contribution in [1.82, 2.24) is 0 Å². The molecular weight excluding hydrogens is 276 g/mol. The zero-order chi connectivity index (χ0) is 8.48. The minimum Gasteiger partial charge on any atom is -0.469 e. The van der Waals surface area contributed by atoms with Crippen molar-refractivity contribution in [2.24, 2.45) is 11.3 Å². The molecule has 0 aromatic rings. The predicted octanol–water partition coefficient (Wildman–Crippen LogP) is 1.96. The summed E-state index contributed by atoms with van der Waals surface area (Å²) in [4.78, 5) is 11.0. The summed E-state index contributed by atoms with van der Waals surface area (Å²) in [5.41, 5.74) is 0.132. The number of carbonyl (C=O) groups excluding carboxylic acids is 1. The van der Waals surface area contributed by atoms with Crippen LogP contribution in [0.25, 0.3) is 0 Å². The van der Waals surface area contributed by atoms with Gasteiger partial charge >= 0.3 is 5.97 Å². The van der Waals surface area contributed by atoms with Gasteiger partial charge in [-0.15, -0.1) is 0 Å². The molecule has 11 heavy (non-hydrogen) atoms. The van der Waals surface area contributed by atoms with Crippen LogP contribution in [-0.4, -0.2) is 23.7 Å². The molecule has 4 heteroatoms. The topological polar surface area (TPSA) is 26.3 Å². The quantitative estimate of drug-likeness (QED) is 0.585. The van der Waals surface area contributed by atoms with Crippen LogP contribution in [0.3, 0.4) is 0 Å². The van der Waals surface area contributed by atoms with E-state index in [9.17, 15) is 4.79 Å². The third-order valence-electron chi connectivity index (χ3n) is 2.21. The van der Waals surface area contributed by atoms with Gasteiger partial charge < -0.3 is 4.74 Å². The number of carbonyl (C=O) groups is 1. The Kier molecular flexibility index (Phi) is 2.97. The summed E-state index contributed by atoms with van der Waals surface area (Å²) in [5.74, 6) is 0.0233. The molecule has 1 fully saturated rings. The summed E-state index contributed by atoms with van der Waals surface area (Å²) in [6, 6.07) is 0. The van der Waals surface area contributed by atoms with Crippen molar-refractivity contribution in [3.8, 4) is 0 Å². The molecular formula is C7H10Br2O2. The first kappa shape index (κ1) is 9.52. The first-order valence-electron chi connectivity index (χ1n) is 3.40. The fourth-order valence-corrected chi connectivity index (χ4v) is 3.32. The van der Waals surface area contributed by atoms with Gasteiger partial charge in [0.05, 0.1) is 13.0 Å². The van der Waals surface area contributed by atoms with E-state index >= 15 is 0 Å². The SMILES string of the molecule is COC(=O)C1CC1(CBr)CBr. The van der Waals surface area contributed by atoms with E-state index in [4.69, 9.17) is 0 Å². The van der Waals surface area contributed by atoms with E-state index in [1.54, 1.807) is 0 Å². The molecule has 2 nitrogen and oxygen atoms in total. The van der Waals surface area contributed by atoms with Crippen molar-refractivity contribution in [3.05, 3.63) is 0 Å². The van der Waals surface area contributed by atoms with Gasteiger partial charge in [-0.25, -0.2) is 0 Å². The molecule has 1 aliphatic carbocycles. The van der Waals surface area contributed by atoms with E-state index < -0.39 is 0 Å². The lowest BCUT2D eigenvalue weighted by Crippen LogP contribution is -2.14. The van der Waals surface area contributed by atoms with Crippen LogP contribution in [0, 0.1) is 11.3 Å². The van der Waals surface area contributed by atoms with E-state index in [1.807, 2.05) is 0 Å². The second-order valence-electron chi connectivity index (χ2n) is 2.91. The van der Waals surface area contributed by atoms with E-state index in [2.05, 4.69) is 36.6 Å². The third-order valence-corrected chi connectivity index (χ3v) is 4.44. The number of methoxy groups -OCH3 is 1. The van der Waals surface area contributed by atoms with Crippen LogP contribution in [0.4, 0.5) is 0 Å².